The highest BCUT2D eigenvalue weighted by molar-refractivity contribution is 5.97. The second-order valence-electron chi connectivity index (χ2n) is 3.18. The van der Waals surface area contributed by atoms with Crippen LogP contribution in [0.25, 0.3) is 0 Å². The minimum atomic E-state index is -0.0414. The van der Waals surface area contributed by atoms with Crippen LogP contribution >= 0.6 is 0 Å². The number of aliphatic hydroxyl groups excluding tert-OH is 1. The third kappa shape index (κ3) is 1.31. The van der Waals surface area contributed by atoms with Crippen molar-refractivity contribution < 1.29 is 9.90 Å². The molecule has 1 aliphatic rings. The van der Waals surface area contributed by atoms with Crippen molar-refractivity contribution in [2.45, 2.75) is 5.92 Å². The van der Waals surface area contributed by atoms with E-state index in [2.05, 4.69) is 5.32 Å². The topological polar surface area (TPSA) is 49.3 Å². The lowest BCUT2D eigenvalue weighted by molar-refractivity contribution is 0.0933. The fourth-order valence-corrected chi connectivity index (χ4v) is 1.64. The molecule has 2 rings (SSSR count). The number of fused-ring (bicyclic) bond motifs is 1. The van der Waals surface area contributed by atoms with Gasteiger partial charge in [-0.1, -0.05) is 18.2 Å². The Morgan fingerprint density at radius 2 is 2.23 bits per heavy atom. The second kappa shape index (κ2) is 3.18. The van der Waals surface area contributed by atoms with E-state index in [9.17, 15) is 4.79 Å². The molecule has 1 atom stereocenters. The van der Waals surface area contributed by atoms with Gasteiger partial charge in [0.25, 0.3) is 5.91 Å². The normalized spacial score (nSPS) is 20.7. The van der Waals surface area contributed by atoms with Crippen LogP contribution in [0, 0.1) is 0 Å². The van der Waals surface area contributed by atoms with Gasteiger partial charge in [0.2, 0.25) is 0 Å². The van der Waals surface area contributed by atoms with Gasteiger partial charge in [-0.15, -0.1) is 0 Å². The molecule has 3 nitrogen and oxygen atoms in total. The van der Waals surface area contributed by atoms with E-state index >= 15 is 0 Å². The van der Waals surface area contributed by atoms with Crippen LogP contribution < -0.4 is 5.32 Å². The Bertz CT molecular complexity index is 335. The number of nitrogens with one attached hydrogen (secondary N) is 1. The molecule has 1 amide bonds. The number of amides is 1. The van der Waals surface area contributed by atoms with Gasteiger partial charge in [0.05, 0.1) is 6.61 Å². The zero-order valence-corrected chi connectivity index (χ0v) is 7.16. The van der Waals surface area contributed by atoms with Crippen molar-refractivity contribution >= 4 is 5.91 Å². The highest BCUT2D eigenvalue weighted by atomic mass is 16.3. The van der Waals surface area contributed by atoms with Crippen molar-refractivity contribution in [3.63, 3.8) is 0 Å². The van der Waals surface area contributed by atoms with E-state index in [-0.39, 0.29) is 18.4 Å². The molecule has 68 valence electrons. The molecule has 13 heavy (non-hydrogen) atoms. The summed E-state index contributed by atoms with van der Waals surface area (Å²) in [7, 11) is 0. The minimum Gasteiger partial charge on any atom is -0.396 e. The summed E-state index contributed by atoms with van der Waals surface area (Å²) < 4.78 is 0. The predicted octanol–water partition coefficient (Wildman–Crippen LogP) is 0.506. The SMILES string of the molecule is O=C1NC[C@H](CO)c2ccccc21. The lowest BCUT2D eigenvalue weighted by Gasteiger charge is -2.23. The number of benzene rings is 1. The molecular formula is C10H11NO2. The van der Waals surface area contributed by atoms with Crippen molar-refractivity contribution in [3.8, 4) is 0 Å². The second-order valence-corrected chi connectivity index (χ2v) is 3.18. The summed E-state index contributed by atoms with van der Waals surface area (Å²) in [5, 5.41) is 11.8. The van der Waals surface area contributed by atoms with Gasteiger partial charge in [-0.25, -0.2) is 0 Å². The van der Waals surface area contributed by atoms with E-state index < -0.39 is 0 Å². The van der Waals surface area contributed by atoms with Crippen molar-refractivity contribution in [1.29, 1.82) is 0 Å². The third-order valence-electron chi connectivity index (χ3n) is 2.37. The van der Waals surface area contributed by atoms with Crippen LogP contribution in [0.1, 0.15) is 21.8 Å². The molecule has 0 bridgehead atoms. The zero-order chi connectivity index (χ0) is 9.26. The summed E-state index contributed by atoms with van der Waals surface area (Å²) in [5.41, 5.74) is 1.64. The molecule has 0 aromatic heterocycles. The van der Waals surface area contributed by atoms with E-state index in [1.165, 1.54) is 0 Å². The smallest absolute Gasteiger partial charge is 0.251 e. The fraction of sp³-hybridized carbons (Fsp3) is 0.300. The summed E-state index contributed by atoms with van der Waals surface area (Å²) in [5.74, 6) is 0.00852. The van der Waals surface area contributed by atoms with E-state index in [0.29, 0.717) is 12.1 Å². The van der Waals surface area contributed by atoms with Gasteiger partial charge >= 0.3 is 0 Å². The van der Waals surface area contributed by atoms with Gasteiger partial charge in [0.15, 0.2) is 0 Å². The maximum atomic E-state index is 11.4. The molecule has 1 heterocycles. The van der Waals surface area contributed by atoms with Gasteiger partial charge in [-0.3, -0.25) is 4.79 Å². The van der Waals surface area contributed by atoms with Crippen LogP contribution in [0.5, 0.6) is 0 Å². The molecule has 0 radical (unpaired) electrons. The highest BCUT2D eigenvalue weighted by Gasteiger charge is 2.23. The molecule has 1 aromatic carbocycles. The largest absolute Gasteiger partial charge is 0.396 e. The Balaban J connectivity index is 2.47. The van der Waals surface area contributed by atoms with E-state index in [1.54, 1.807) is 6.07 Å². The van der Waals surface area contributed by atoms with Crippen LogP contribution in [-0.2, 0) is 0 Å². The highest BCUT2D eigenvalue weighted by Crippen LogP contribution is 2.22. The van der Waals surface area contributed by atoms with E-state index in [1.807, 2.05) is 18.2 Å². The molecule has 0 fully saturated rings. The van der Waals surface area contributed by atoms with Crippen molar-refractivity contribution in [1.82, 2.24) is 5.32 Å². The Labute approximate surface area is 76.4 Å². The lowest BCUT2D eigenvalue weighted by atomic mass is 9.91. The summed E-state index contributed by atoms with van der Waals surface area (Å²) in [6.07, 6.45) is 0. The van der Waals surface area contributed by atoms with Crippen molar-refractivity contribution in [2.75, 3.05) is 13.2 Å². The Morgan fingerprint density at radius 1 is 1.46 bits per heavy atom. The number of hydrogen-bond donors (Lipinski definition) is 2. The summed E-state index contributed by atoms with van der Waals surface area (Å²) in [6, 6.07) is 7.40. The lowest BCUT2D eigenvalue weighted by Crippen LogP contribution is -2.36. The maximum Gasteiger partial charge on any atom is 0.251 e. The Hall–Kier alpha value is -1.35. The first-order chi connectivity index (χ1) is 6.33. The standard InChI is InChI=1S/C10H11NO2/c12-6-7-5-11-10(13)9-4-2-1-3-8(7)9/h1-4,7,12H,5-6H2,(H,11,13)/t7-/m1/s1. The number of carbonyl (C=O) groups is 1. The monoisotopic (exact) mass is 177 g/mol. The van der Waals surface area contributed by atoms with Gasteiger partial charge in [-0.2, -0.15) is 0 Å². The molecule has 1 aliphatic heterocycles. The van der Waals surface area contributed by atoms with Crippen LogP contribution in [0.3, 0.4) is 0 Å². The summed E-state index contributed by atoms with van der Waals surface area (Å²) in [6.45, 7) is 0.615. The van der Waals surface area contributed by atoms with E-state index in [4.69, 9.17) is 5.11 Å². The van der Waals surface area contributed by atoms with Crippen molar-refractivity contribution in [3.05, 3.63) is 35.4 Å². The third-order valence-corrected chi connectivity index (χ3v) is 2.37. The molecular weight excluding hydrogens is 166 g/mol. The average Bonchev–Trinajstić information content (AvgIpc) is 2.19. The molecule has 0 unspecified atom stereocenters. The minimum absolute atomic E-state index is 0.0414. The average molecular weight is 177 g/mol. The molecule has 3 heteroatoms. The summed E-state index contributed by atoms with van der Waals surface area (Å²) >= 11 is 0. The maximum absolute atomic E-state index is 11.4. The number of rotatable bonds is 1. The zero-order valence-electron chi connectivity index (χ0n) is 7.16. The number of hydrogen-bond acceptors (Lipinski definition) is 2. The van der Waals surface area contributed by atoms with E-state index in [0.717, 1.165) is 5.56 Å². The summed E-state index contributed by atoms with van der Waals surface area (Å²) in [4.78, 5) is 11.4. The van der Waals surface area contributed by atoms with Crippen LogP contribution in [0.15, 0.2) is 24.3 Å². The predicted molar refractivity (Wildman–Crippen MR) is 48.6 cm³/mol. The fourth-order valence-electron chi connectivity index (χ4n) is 1.64. The molecule has 1 aromatic rings. The number of aliphatic hydroxyl groups is 1. The quantitative estimate of drug-likeness (QED) is 0.656. The molecule has 2 N–H and O–H groups in total. The van der Waals surface area contributed by atoms with Gasteiger partial charge < -0.3 is 10.4 Å². The molecule has 0 spiro atoms. The first-order valence-electron chi connectivity index (χ1n) is 4.31. The van der Waals surface area contributed by atoms with Gasteiger partial charge in [-0.05, 0) is 11.6 Å². The van der Waals surface area contributed by atoms with Gasteiger partial charge in [0, 0.05) is 18.0 Å². The van der Waals surface area contributed by atoms with Crippen LogP contribution in [-0.4, -0.2) is 24.2 Å². The number of carbonyl (C=O) groups excluding carboxylic acids is 1. The van der Waals surface area contributed by atoms with Gasteiger partial charge in [0.1, 0.15) is 0 Å². The van der Waals surface area contributed by atoms with Crippen LogP contribution in [0.2, 0.25) is 0 Å². The molecule has 0 aliphatic carbocycles. The Morgan fingerprint density at radius 3 is 3.00 bits per heavy atom. The molecule has 0 saturated carbocycles. The Kier molecular flexibility index (Phi) is 2.02. The first kappa shape index (κ1) is 8.26. The van der Waals surface area contributed by atoms with Crippen LogP contribution in [0.4, 0.5) is 0 Å². The van der Waals surface area contributed by atoms with Crippen molar-refractivity contribution in [2.24, 2.45) is 0 Å². The first-order valence-corrected chi connectivity index (χ1v) is 4.31. The molecule has 0 saturated heterocycles.